The van der Waals surface area contributed by atoms with E-state index in [0.29, 0.717) is 37.2 Å². The van der Waals surface area contributed by atoms with E-state index in [4.69, 9.17) is 15.9 Å². The van der Waals surface area contributed by atoms with Crippen molar-refractivity contribution in [1.29, 1.82) is 5.41 Å². The molecule has 0 aliphatic carbocycles. The molecule has 2 aliphatic heterocycles. The van der Waals surface area contributed by atoms with Crippen molar-refractivity contribution in [3.05, 3.63) is 78.9 Å². The minimum atomic E-state index is -0.500. The highest BCUT2D eigenvalue weighted by Crippen LogP contribution is 2.32. The number of benzene rings is 2. The molecule has 1 atom stereocenters. The zero-order valence-corrected chi connectivity index (χ0v) is 23.6. The number of rotatable bonds is 9. The van der Waals surface area contributed by atoms with Crippen LogP contribution in [0.15, 0.2) is 72.4 Å². The summed E-state index contributed by atoms with van der Waals surface area (Å²) in [5.41, 5.74) is 6.99. The molecule has 4 N–H and O–H groups in total. The molecular formula is C30H34FN7O2S. The molecule has 0 bridgehead atoms. The number of hydrogen-bond donors (Lipinski definition) is 3. The second kappa shape index (κ2) is 13.1. The number of hydrogen-bond acceptors (Lipinski definition) is 9. The predicted octanol–water partition coefficient (Wildman–Crippen LogP) is 5.28. The van der Waals surface area contributed by atoms with Crippen LogP contribution in [0.1, 0.15) is 31.2 Å². The van der Waals surface area contributed by atoms with E-state index in [2.05, 4.69) is 38.3 Å². The third-order valence-corrected chi connectivity index (χ3v) is 8.42. The molecule has 1 aromatic heterocycles. The lowest BCUT2D eigenvalue weighted by Crippen LogP contribution is -2.39. The van der Waals surface area contributed by atoms with Gasteiger partial charge in [0.05, 0.1) is 11.3 Å². The van der Waals surface area contributed by atoms with Crippen LogP contribution in [0, 0.1) is 17.1 Å². The maximum absolute atomic E-state index is 15.3. The van der Waals surface area contributed by atoms with Gasteiger partial charge in [-0.25, -0.2) is 18.7 Å². The summed E-state index contributed by atoms with van der Waals surface area (Å²) in [6, 6.07) is 14.9. The molecule has 2 saturated heterocycles. The number of nitrogen functional groups attached to an aromatic ring is 1. The van der Waals surface area contributed by atoms with Gasteiger partial charge in [0, 0.05) is 48.8 Å². The Morgan fingerprint density at radius 2 is 1.93 bits per heavy atom. The molecule has 1 amide bonds. The van der Waals surface area contributed by atoms with Gasteiger partial charge < -0.3 is 26.1 Å². The van der Waals surface area contributed by atoms with Crippen LogP contribution in [-0.2, 0) is 4.79 Å². The molecule has 1 unspecified atom stereocenters. The predicted molar refractivity (Wildman–Crippen MR) is 160 cm³/mol. The molecule has 5 rings (SSSR count). The number of anilines is 3. The molecule has 0 saturated carbocycles. The van der Waals surface area contributed by atoms with Crippen LogP contribution in [-0.4, -0.2) is 63.1 Å². The lowest BCUT2D eigenvalue weighted by Gasteiger charge is -2.32. The first-order chi connectivity index (χ1) is 19.9. The highest BCUT2D eigenvalue weighted by Gasteiger charge is 2.28. The molecule has 0 spiro atoms. The molecule has 11 heteroatoms. The van der Waals surface area contributed by atoms with Gasteiger partial charge in [-0.15, -0.1) is 0 Å². The number of nitrogens with one attached hydrogen (secondary N) is 2. The van der Waals surface area contributed by atoms with Crippen LogP contribution < -0.4 is 15.8 Å². The summed E-state index contributed by atoms with van der Waals surface area (Å²) in [5.74, 6) is 0.122. The van der Waals surface area contributed by atoms with E-state index in [0.717, 1.165) is 25.9 Å². The molecule has 9 nitrogen and oxygen atoms in total. The number of aromatic nitrogens is 2. The summed E-state index contributed by atoms with van der Waals surface area (Å²) in [4.78, 5) is 23.2. The summed E-state index contributed by atoms with van der Waals surface area (Å²) in [5, 5.41) is 11.9. The number of carbonyl (C=O) groups excluding carboxylic acids is 1. The van der Waals surface area contributed by atoms with E-state index < -0.39 is 5.82 Å². The van der Waals surface area contributed by atoms with Crippen LogP contribution in [0.2, 0.25) is 0 Å². The number of halogens is 1. The number of piperidine rings is 2. The fraction of sp³-hybridized carbons (Fsp3) is 0.333. The molecular weight excluding hydrogens is 541 g/mol. The Hall–Kier alpha value is -3.96. The quantitative estimate of drug-likeness (QED) is 0.179. The highest BCUT2D eigenvalue weighted by atomic mass is 32.2. The van der Waals surface area contributed by atoms with Crippen LogP contribution in [0.5, 0.6) is 5.75 Å². The van der Waals surface area contributed by atoms with Crippen molar-refractivity contribution in [1.82, 2.24) is 19.2 Å². The molecule has 214 valence electrons. The average molecular weight is 576 g/mol. The van der Waals surface area contributed by atoms with E-state index in [1.807, 2.05) is 18.2 Å². The maximum Gasteiger partial charge on any atom is 0.245 e. The van der Waals surface area contributed by atoms with E-state index >= 15 is 4.39 Å². The fourth-order valence-electron chi connectivity index (χ4n) is 5.19. The van der Waals surface area contributed by atoms with Crippen molar-refractivity contribution >= 4 is 40.9 Å². The zero-order valence-electron chi connectivity index (χ0n) is 22.8. The van der Waals surface area contributed by atoms with Crippen molar-refractivity contribution in [2.24, 2.45) is 5.92 Å². The molecule has 3 aromatic rings. The van der Waals surface area contributed by atoms with Crippen LogP contribution in [0.25, 0.3) is 0 Å². The van der Waals surface area contributed by atoms with Crippen molar-refractivity contribution in [3.8, 4) is 5.75 Å². The third kappa shape index (κ3) is 7.04. The van der Waals surface area contributed by atoms with Crippen LogP contribution >= 0.6 is 11.9 Å². The summed E-state index contributed by atoms with van der Waals surface area (Å²) in [6.07, 6.45) is 5.66. The molecule has 2 aromatic carbocycles. The Morgan fingerprint density at radius 3 is 2.66 bits per heavy atom. The standard InChI is InChI=1S/C30H34FN7O2S/c1-2-26(39)37-15-12-20(13-16-37)28(32)27-29(33)34-19-35-30(27)36-25-11-10-21(17-24(25)31)40-22-7-6-14-38(18-22)41-23-8-4-3-5-9-23/h2-5,8-11,17,19-20,22,32H,1,6-7,12-16,18H2,(H3,33,34,35,36). The largest absolute Gasteiger partial charge is 0.489 e. The van der Waals surface area contributed by atoms with Crippen molar-refractivity contribution in [2.75, 3.05) is 37.2 Å². The maximum atomic E-state index is 15.3. The summed E-state index contributed by atoms with van der Waals surface area (Å²) >= 11 is 1.71. The molecule has 2 aliphatic rings. The Bertz CT molecular complexity index is 1400. The van der Waals surface area contributed by atoms with Crippen molar-refractivity contribution in [3.63, 3.8) is 0 Å². The van der Waals surface area contributed by atoms with E-state index in [9.17, 15) is 4.79 Å². The molecule has 0 radical (unpaired) electrons. The zero-order chi connectivity index (χ0) is 28.8. The monoisotopic (exact) mass is 575 g/mol. The second-order valence-electron chi connectivity index (χ2n) is 10.1. The van der Waals surface area contributed by atoms with E-state index in [1.165, 1.54) is 23.4 Å². The number of nitrogens with zero attached hydrogens (tertiary/aromatic N) is 4. The first kappa shape index (κ1) is 28.6. The van der Waals surface area contributed by atoms with Crippen molar-refractivity contribution in [2.45, 2.75) is 36.7 Å². The van der Waals surface area contributed by atoms with Gasteiger partial charge in [0.2, 0.25) is 5.91 Å². The number of carbonyl (C=O) groups is 1. The number of nitrogens with two attached hydrogens (primary N) is 1. The molecule has 3 heterocycles. The first-order valence-electron chi connectivity index (χ1n) is 13.7. The Kier molecular flexibility index (Phi) is 9.15. The summed E-state index contributed by atoms with van der Waals surface area (Å²) in [7, 11) is 0. The Morgan fingerprint density at radius 1 is 1.15 bits per heavy atom. The summed E-state index contributed by atoms with van der Waals surface area (Å²) < 4.78 is 23.7. The van der Waals surface area contributed by atoms with Gasteiger partial charge in [-0.1, -0.05) is 24.8 Å². The summed E-state index contributed by atoms with van der Waals surface area (Å²) in [6.45, 7) is 6.30. The molecule has 2 fully saturated rings. The van der Waals surface area contributed by atoms with Gasteiger partial charge in [0.15, 0.2) is 0 Å². The lowest BCUT2D eigenvalue weighted by molar-refractivity contribution is -0.127. The minimum Gasteiger partial charge on any atom is -0.489 e. The van der Waals surface area contributed by atoms with Gasteiger partial charge in [0.25, 0.3) is 0 Å². The van der Waals surface area contributed by atoms with Gasteiger partial charge in [-0.05, 0) is 68.0 Å². The highest BCUT2D eigenvalue weighted by molar-refractivity contribution is 7.97. The topological polar surface area (TPSA) is 120 Å². The van der Waals surface area contributed by atoms with E-state index in [1.54, 1.807) is 29.0 Å². The second-order valence-corrected chi connectivity index (χ2v) is 11.3. The van der Waals surface area contributed by atoms with Gasteiger partial charge in [-0.3, -0.25) is 4.79 Å². The average Bonchev–Trinajstić information content (AvgIpc) is 2.99. The third-order valence-electron chi connectivity index (χ3n) is 7.35. The van der Waals surface area contributed by atoms with Gasteiger partial charge in [0.1, 0.15) is 35.6 Å². The Labute approximate surface area is 243 Å². The van der Waals surface area contributed by atoms with Gasteiger partial charge in [-0.2, -0.15) is 0 Å². The lowest BCUT2D eigenvalue weighted by atomic mass is 9.88. The van der Waals surface area contributed by atoms with Crippen LogP contribution in [0.3, 0.4) is 0 Å². The first-order valence-corrected chi connectivity index (χ1v) is 14.5. The Balaban J connectivity index is 1.23. The normalized spacial score (nSPS) is 18.1. The number of ether oxygens (including phenoxy) is 1. The fourth-order valence-corrected chi connectivity index (χ4v) is 6.22. The number of likely N-dealkylation sites (tertiary alicyclic amines) is 1. The SMILES string of the molecule is C=CC(=O)N1CCC(C(=N)c2c(N)ncnc2Nc2ccc(OC3CCCN(Sc4ccccc4)C3)cc2F)CC1. The number of amides is 1. The van der Waals surface area contributed by atoms with E-state index in [-0.39, 0.29) is 41.0 Å². The van der Waals surface area contributed by atoms with Crippen LogP contribution in [0.4, 0.5) is 21.7 Å². The van der Waals surface area contributed by atoms with Crippen molar-refractivity contribution < 1.29 is 13.9 Å². The molecule has 41 heavy (non-hydrogen) atoms. The van der Waals surface area contributed by atoms with Gasteiger partial charge >= 0.3 is 0 Å². The smallest absolute Gasteiger partial charge is 0.245 e. The minimum absolute atomic E-state index is 0.0416.